The summed E-state index contributed by atoms with van der Waals surface area (Å²) < 4.78 is 27.8. The van der Waals surface area contributed by atoms with Crippen molar-refractivity contribution in [1.29, 1.82) is 0 Å². The van der Waals surface area contributed by atoms with Crippen molar-refractivity contribution in [2.75, 3.05) is 11.1 Å². The van der Waals surface area contributed by atoms with Crippen LogP contribution < -0.4 is 5.32 Å². The first-order valence-corrected chi connectivity index (χ1v) is 10.7. The Hall–Kier alpha value is -2.60. The molecule has 27 heavy (non-hydrogen) atoms. The highest BCUT2D eigenvalue weighted by Gasteiger charge is 2.24. The maximum absolute atomic E-state index is 12.9. The van der Waals surface area contributed by atoms with Gasteiger partial charge >= 0.3 is 0 Å². The molecule has 1 N–H and O–H groups in total. The van der Waals surface area contributed by atoms with E-state index in [1.54, 1.807) is 18.3 Å². The van der Waals surface area contributed by atoms with Crippen LogP contribution in [0.5, 0.6) is 0 Å². The van der Waals surface area contributed by atoms with Crippen LogP contribution >= 0.6 is 0 Å². The van der Waals surface area contributed by atoms with E-state index in [0.29, 0.717) is 11.1 Å². The van der Waals surface area contributed by atoms with Crippen molar-refractivity contribution in [3.8, 4) is 0 Å². The average molecular weight is 385 g/mol. The number of nitrogens with one attached hydrogen (secondary N) is 1. The second kappa shape index (κ2) is 7.56. The van der Waals surface area contributed by atoms with Crippen molar-refractivity contribution in [3.05, 3.63) is 59.8 Å². The standard InChI is InChI=1S/C21H24N2O3S/c1-4-12-23-13-20(17-9-5-6-11-19(17)23)27(25,26)14-21(24)22-18-10-7-8-15(2)16(18)3/h5-11,13H,4,12,14H2,1-3H3,(H,22,24). The van der Waals surface area contributed by atoms with Crippen molar-refractivity contribution in [1.82, 2.24) is 4.57 Å². The van der Waals surface area contributed by atoms with Crippen LogP contribution in [-0.2, 0) is 21.2 Å². The van der Waals surface area contributed by atoms with Crippen molar-refractivity contribution in [2.45, 2.75) is 38.6 Å². The number of benzene rings is 2. The van der Waals surface area contributed by atoms with Gasteiger partial charge in [0.1, 0.15) is 5.75 Å². The molecule has 1 aromatic heterocycles. The number of hydrogen-bond donors (Lipinski definition) is 1. The SMILES string of the molecule is CCCn1cc(S(=O)(=O)CC(=O)Nc2cccc(C)c2C)c2ccccc21. The number of carbonyl (C=O) groups excluding carboxylic acids is 1. The normalized spacial score (nSPS) is 11.7. The van der Waals surface area contributed by atoms with Crippen LogP contribution in [0.15, 0.2) is 53.6 Å². The first kappa shape index (κ1) is 19.2. The summed E-state index contributed by atoms with van der Waals surface area (Å²) in [5.41, 5.74) is 3.48. The molecule has 1 heterocycles. The van der Waals surface area contributed by atoms with Crippen LogP contribution in [0.3, 0.4) is 0 Å². The molecule has 2 aromatic carbocycles. The predicted octanol–water partition coefficient (Wildman–Crippen LogP) is 4.08. The Bertz CT molecular complexity index is 1100. The van der Waals surface area contributed by atoms with Gasteiger partial charge in [-0.2, -0.15) is 0 Å². The molecular formula is C21H24N2O3S. The monoisotopic (exact) mass is 384 g/mol. The van der Waals surface area contributed by atoms with Gasteiger partial charge in [0.25, 0.3) is 0 Å². The summed E-state index contributed by atoms with van der Waals surface area (Å²) in [5, 5.41) is 3.39. The molecule has 142 valence electrons. The fraction of sp³-hybridized carbons (Fsp3) is 0.286. The van der Waals surface area contributed by atoms with E-state index in [1.165, 1.54) is 0 Å². The molecule has 3 aromatic rings. The lowest BCUT2D eigenvalue weighted by molar-refractivity contribution is -0.113. The van der Waals surface area contributed by atoms with E-state index in [1.807, 2.05) is 55.7 Å². The Labute approximate surface area is 159 Å². The van der Waals surface area contributed by atoms with Crippen LogP contribution in [0.25, 0.3) is 10.9 Å². The molecule has 0 saturated carbocycles. The molecule has 6 heteroatoms. The van der Waals surface area contributed by atoms with E-state index < -0.39 is 21.5 Å². The van der Waals surface area contributed by atoms with Gasteiger partial charge in [-0.15, -0.1) is 0 Å². The lowest BCUT2D eigenvalue weighted by Crippen LogP contribution is -2.23. The molecular weight excluding hydrogens is 360 g/mol. The van der Waals surface area contributed by atoms with Crippen LogP contribution in [0.1, 0.15) is 24.5 Å². The van der Waals surface area contributed by atoms with Crippen molar-refractivity contribution in [3.63, 3.8) is 0 Å². The molecule has 0 aliphatic carbocycles. The first-order chi connectivity index (χ1) is 12.8. The fourth-order valence-corrected chi connectivity index (χ4v) is 4.58. The molecule has 3 rings (SSSR count). The van der Waals surface area contributed by atoms with Gasteiger partial charge < -0.3 is 9.88 Å². The molecule has 5 nitrogen and oxygen atoms in total. The van der Waals surface area contributed by atoms with Gasteiger partial charge in [0.2, 0.25) is 5.91 Å². The third kappa shape index (κ3) is 3.90. The van der Waals surface area contributed by atoms with E-state index in [0.717, 1.165) is 29.6 Å². The van der Waals surface area contributed by atoms with E-state index in [4.69, 9.17) is 0 Å². The smallest absolute Gasteiger partial charge is 0.239 e. The third-order valence-corrected chi connectivity index (χ3v) is 6.39. The summed E-state index contributed by atoms with van der Waals surface area (Å²) in [5.74, 6) is -1.11. The number of para-hydroxylation sites is 1. The van der Waals surface area contributed by atoms with Crippen molar-refractivity contribution >= 4 is 32.3 Å². The number of sulfone groups is 1. The molecule has 0 spiro atoms. The Kier molecular flexibility index (Phi) is 5.37. The van der Waals surface area contributed by atoms with Gasteiger partial charge in [0.15, 0.2) is 9.84 Å². The molecule has 0 saturated heterocycles. The van der Waals surface area contributed by atoms with Gasteiger partial charge in [0, 0.05) is 29.3 Å². The van der Waals surface area contributed by atoms with Crippen LogP contribution in [0.2, 0.25) is 0 Å². The third-order valence-electron chi connectivity index (χ3n) is 4.75. The molecule has 0 fully saturated rings. The minimum absolute atomic E-state index is 0.211. The van der Waals surface area contributed by atoms with E-state index in [2.05, 4.69) is 5.32 Å². The Morgan fingerprint density at radius 1 is 1.07 bits per heavy atom. The fourth-order valence-electron chi connectivity index (χ4n) is 3.21. The largest absolute Gasteiger partial charge is 0.346 e. The number of anilines is 1. The summed E-state index contributed by atoms with van der Waals surface area (Å²) in [6, 6.07) is 13.0. The van der Waals surface area contributed by atoms with Gasteiger partial charge in [-0.3, -0.25) is 4.79 Å². The maximum Gasteiger partial charge on any atom is 0.239 e. The molecule has 1 amide bonds. The predicted molar refractivity (Wildman–Crippen MR) is 109 cm³/mol. The molecule has 0 radical (unpaired) electrons. The zero-order valence-electron chi connectivity index (χ0n) is 15.8. The van der Waals surface area contributed by atoms with Crippen LogP contribution in [-0.4, -0.2) is 24.6 Å². The minimum Gasteiger partial charge on any atom is -0.346 e. The summed E-state index contributed by atoms with van der Waals surface area (Å²) in [6.07, 6.45) is 2.54. The number of aryl methyl sites for hydroxylation is 2. The summed E-state index contributed by atoms with van der Waals surface area (Å²) in [7, 11) is -3.76. The van der Waals surface area contributed by atoms with E-state index in [-0.39, 0.29) is 4.90 Å². The Balaban J connectivity index is 1.90. The molecule has 0 aliphatic rings. The van der Waals surface area contributed by atoms with Crippen molar-refractivity contribution < 1.29 is 13.2 Å². The molecule has 0 bridgehead atoms. The summed E-state index contributed by atoms with van der Waals surface area (Å²) >= 11 is 0. The molecule has 0 atom stereocenters. The van der Waals surface area contributed by atoms with Crippen LogP contribution in [0, 0.1) is 13.8 Å². The van der Waals surface area contributed by atoms with E-state index in [9.17, 15) is 13.2 Å². The highest BCUT2D eigenvalue weighted by molar-refractivity contribution is 7.92. The second-order valence-corrected chi connectivity index (χ2v) is 8.72. The molecule has 0 unspecified atom stereocenters. The number of rotatable bonds is 6. The lowest BCUT2D eigenvalue weighted by Gasteiger charge is -2.10. The lowest BCUT2D eigenvalue weighted by atomic mass is 10.1. The van der Waals surface area contributed by atoms with Gasteiger partial charge in [-0.25, -0.2) is 8.42 Å². The minimum atomic E-state index is -3.76. The molecule has 0 aliphatic heterocycles. The number of aromatic nitrogens is 1. The number of nitrogens with zero attached hydrogens (tertiary/aromatic N) is 1. The highest BCUT2D eigenvalue weighted by atomic mass is 32.2. The van der Waals surface area contributed by atoms with Gasteiger partial charge in [-0.05, 0) is 43.5 Å². The first-order valence-electron chi connectivity index (χ1n) is 9.00. The van der Waals surface area contributed by atoms with Crippen LogP contribution in [0.4, 0.5) is 5.69 Å². The maximum atomic E-state index is 12.9. The van der Waals surface area contributed by atoms with Gasteiger partial charge in [0.05, 0.1) is 4.90 Å². The number of carbonyl (C=O) groups is 1. The Morgan fingerprint density at radius 3 is 2.56 bits per heavy atom. The summed E-state index contributed by atoms with van der Waals surface area (Å²) in [4.78, 5) is 12.6. The topological polar surface area (TPSA) is 68.2 Å². The van der Waals surface area contributed by atoms with E-state index >= 15 is 0 Å². The van der Waals surface area contributed by atoms with Crippen molar-refractivity contribution in [2.24, 2.45) is 0 Å². The average Bonchev–Trinajstić information content (AvgIpc) is 2.99. The summed E-state index contributed by atoms with van der Waals surface area (Å²) in [6.45, 7) is 6.62. The second-order valence-electron chi connectivity index (χ2n) is 6.76. The quantitative estimate of drug-likeness (QED) is 0.696. The Morgan fingerprint density at radius 2 is 1.81 bits per heavy atom. The zero-order chi connectivity index (χ0) is 19.6. The number of amides is 1. The number of fused-ring (bicyclic) bond motifs is 1. The zero-order valence-corrected chi connectivity index (χ0v) is 16.6. The number of hydrogen-bond acceptors (Lipinski definition) is 3. The highest BCUT2D eigenvalue weighted by Crippen LogP contribution is 2.27. The van der Waals surface area contributed by atoms with Gasteiger partial charge in [-0.1, -0.05) is 37.3 Å².